The van der Waals surface area contributed by atoms with Gasteiger partial charge in [0.2, 0.25) is 5.91 Å². The maximum Gasteiger partial charge on any atom is 0.259 e. The Bertz CT molecular complexity index is 683. The van der Waals surface area contributed by atoms with Gasteiger partial charge in [-0.1, -0.05) is 18.2 Å². The van der Waals surface area contributed by atoms with E-state index in [9.17, 15) is 9.59 Å². The molecule has 2 amide bonds. The van der Waals surface area contributed by atoms with E-state index in [4.69, 9.17) is 4.74 Å². The van der Waals surface area contributed by atoms with Gasteiger partial charge in [0.25, 0.3) is 5.91 Å². The predicted molar refractivity (Wildman–Crippen MR) is 86.3 cm³/mol. The maximum absolute atomic E-state index is 12.4. The average molecular weight is 298 g/mol. The summed E-state index contributed by atoms with van der Waals surface area (Å²) >= 11 is 0. The summed E-state index contributed by atoms with van der Waals surface area (Å²) in [6.45, 7) is 3.79. The Morgan fingerprint density at radius 3 is 2.36 bits per heavy atom. The fraction of sp³-hybridized carbons (Fsp3) is 0.176. The van der Waals surface area contributed by atoms with Crippen LogP contribution in [0.15, 0.2) is 48.5 Å². The van der Waals surface area contributed by atoms with Gasteiger partial charge in [-0.05, 0) is 37.3 Å². The lowest BCUT2D eigenvalue weighted by Gasteiger charge is -2.11. The van der Waals surface area contributed by atoms with Crippen LogP contribution in [0.1, 0.15) is 24.2 Å². The molecular weight excluding hydrogens is 280 g/mol. The van der Waals surface area contributed by atoms with E-state index in [0.29, 0.717) is 29.3 Å². The van der Waals surface area contributed by atoms with E-state index in [1.807, 2.05) is 13.0 Å². The van der Waals surface area contributed by atoms with Gasteiger partial charge in [-0.15, -0.1) is 0 Å². The van der Waals surface area contributed by atoms with Crippen molar-refractivity contribution >= 4 is 23.2 Å². The standard InChI is InChI=1S/C17H18N2O3/c1-3-22-16-10-5-4-9-15(16)17(21)19-14-8-6-7-13(11-14)18-12(2)20/h4-11H,3H2,1-2H3,(H,18,20)(H,19,21). The summed E-state index contributed by atoms with van der Waals surface area (Å²) in [5.41, 5.74) is 1.69. The molecule has 0 saturated heterocycles. The number of nitrogens with one attached hydrogen (secondary N) is 2. The fourth-order valence-corrected chi connectivity index (χ4v) is 2.01. The van der Waals surface area contributed by atoms with Gasteiger partial charge in [-0.25, -0.2) is 0 Å². The number of carbonyl (C=O) groups is 2. The van der Waals surface area contributed by atoms with Crippen molar-refractivity contribution in [2.75, 3.05) is 17.2 Å². The molecule has 0 aliphatic carbocycles. The van der Waals surface area contributed by atoms with Gasteiger partial charge in [0.1, 0.15) is 5.75 Å². The summed E-state index contributed by atoms with van der Waals surface area (Å²) in [4.78, 5) is 23.4. The smallest absolute Gasteiger partial charge is 0.259 e. The lowest BCUT2D eigenvalue weighted by Crippen LogP contribution is -2.14. The second-order valence-electron chi connectivity index (χ2n) is 4.65. The number of carbonyl (C=O) groups excluding carboxylic acids is 2. The second kappa shape index (κ2) is 7.26. The van der Waals surface area contributed by atoms with Crippen LogP contribution in [-0.2, 0) is 4.79 Å². The highest BCUT2D eigenvalue weighted by atomic mass is 16.5. The van der Waals surface area contributed by atoms with Crippen LogP contribution in [0.2, 0.25) is 0 Å². The van der Waals surface area contributed by atoms with Crippen LogP contribution in [-0.4, -0.2) is 18.4 Å². The minimum Gasteiger partial charge on any atom is -0.493 e. The van der Waals surface area contributed by atoms with Crippen LogP contribution < -0.4 is 15.4 Å². The molecular formula is C17H18N2O3. The number of para-hydroxylation sites is 1. The number of benzene rings is 2. The Balaban J connectivity index is 2.17. The lowest BCUT2D eigenvalue weighted by molar-refractivity contribution is -0.114. The molecule has 2 aromatic rings. The first-order valence-corrected chi connectivity index (χ1v) is 7.01. The van der Waals surface area contributed by atoms with Crippen molar-refractivity contribution in [1.29, 1.82) is 0 Å². The summed E-state index contributed by atoms with van der Waals surface area (Å²) in [5.74, 6) is 0.120. The van der Waals surface area contributed by atoms with E-state index < -0.39 is 0 Å². The molecule has 0 heterocycles. The molecule has 0 aliphatic heterocycles. The zero-order valence-electron chi connectivity index (χ0n) is 12.6. The Morgan fingerprint density at radius 1 is 1.00 bits per heavy atom. The molecule has 0 fully saturated rings. The van der Waals surface area contributed by atoms with Gasteiger partial charge in [-0.3, -0.25) is 9.59 Å². The molecule has 0 spiro atoms. The third-order valence-corrected chi connectivity index (χ3v) is 2.87. The second-order valence-corrected chi connectivity index (χ2v) is 4.65. The molecule has 5 nitrogen and oxygen atoms in total. The first-order valence-electron chi connectivity index (χ1n) is 7.01. The summed E-state index contributed by atoms with van der Waals surface area (Å²) in [6.07, 6.45) is 0. The molecule has 0 saturated carbocycles. The zero-order valence-corrected chi connectivity index (χ0v) is 12.6. The molecule has 0 radical (unpaired) electrons. The van der Waals surface area contributed by atoms with Crippen molar-refractivity contribution in [2.45, 2.75) is 13.8 Å². The number of hydrogen-bond donors (Lipinski definition) is 2. The number of anilines is 2. The monoisotopic (exact) mass is 298 g/mol. The maximum atomic E-state index is 12.4. The summed E-state index contributed by atoms with van der Waals surface area (Å²) in [6, 6.07) is 14.0. The molecule has 22 heavy (non-hydrogen) atoms. The first-order chi connectivity index (χ1) is 10.6. The largest absolute Gasteiger partial charge is 0.493 e. The molecule has 0 unspecified atom stereocenters. The molecule has 0 atom stereocenters. The summed E-state index contributed by atoms with van der Waals surface area (Å²) in [5, 5.41) is 5.48. The van der Waals surface area contributed by atoms with Gasteiger partial charge < -0.3 is 15.4 Å². The fourth-order valence-electron chi connectivity index (χ4n) is 2.01. The molecule has 2 rings (SSSR count). The Labute approximate surface area is 129 Å². The average Bonchev–Trinajstić information content (AvgIpc) is 2.47. The van der Waals surface area contributed by atoms with Crippen molar-refractivity contribution in [3.63, 3.8) is 0 Å². The molecule has 0 aliphatic rings. The quantitative estimate of drug-likeness (QED) is 0.890. The number of ether oxygens (including phenoxy) is 1. The van der Waals surface area contributed by atoms with Crippen molar-refractivity contribution in [3.8, 4) is 5.75 Å². The first kappa shape index (κ1) is 15.6. The third-order valence-electron chi connectivity index (χ3n) is 2.87. The number of amides is 2. The van der Waals surface area contributed by atoms with Crippen LogP contribution in [0.5, 0.6) is 5.75 Å². The van der Waals surface area contributed by atoms with Crippen LogP contribution in [0.3, 0.4) is 0 Å². The predicted octanol–water partition coefficient (Wildman–Crippen LogP) is 3.30. The molecule has 2 aromatic carbocycles. The van der Waals surface area contributed by atoms with E-state index in [-0.39, 0.29) is 11.8 Å². The molecule has 2 N–H and O–H groups in total. The van der Waals surface area contributed by atoms with Gasteiger partial charge in [0.05, 0.1) is 12.2 Å². The van der Waals surface area contributed by atoms with Crippen LogP contribution in [0.4, 0.5) is 11.4 Å². The minimum absolute atomic E-state index is 0.162. The normalized spacial score (nSPS) is 9.91. The van der Waals surface area contributed by atoms with E-state index in [0.717, 1.165) is 0 Å². The zero-order chi connectivity index (χ0) is 15.9. The highest BCUT2D eigenvalue weighted by Crippen LogP contribution is 2.21. The third kappa shape index (κ3) is 4.09. The van der Waals surface area contributed by atoms with E-state index >= 15 is 0 Å². The van der Waals surface area contributed by atoms with E-state index in [1.54, 1.807) is 42.5 Å². The van der Waals surface area contributed by atoms with Crippen molar-refractivity contribution in [2.24, 2.45) is 0 Å². The highest BCUT2D eigenvalue weighted by molar-refractivity contribution is 6.06. The van der Waals surface area contributed by atoms with Gasteiger partial charge >= 0.3 is 0 Å². The Kier molecular flexibility index (Phi) is 5.14. The van der Waals surface area contributed by atoms with Crippen LogP contribution in [0, 0.1) is 0 Å². The van der Waals surface area contributed by atoms with Crippen LogP contribution >= 0.6 is 0 Å². The van der Waals surface area contributed by atoms with Crippen molar-refractivity contribution in [3.05, 3.63) is 54.1 Å². The number of hydrogen-bond acceptors (Lipinski definition) is 3. The van der Waals surface area contributed by atoms with Crippen molar-refractivity contribution in [1.82, 2.24) is 0 Å². The summed E-state index contributed by atoms with van der Waals surface area (Å²) in [7, 11) is 0. The lowest BCUT2D eigenvalue weighted by atomic mass is 10.1. The molecule has 5 heteroatoms. The van der Waals surface area contributed by atoms with Gasteiger partial charge in [-0.2, -0.15) is 0 Å². The van der Waals surface area contributed by atoms with Gasteiger partial charge in [0, 0.05) is 18.3 Å². The molecule has 0 bridgehead atoms. The summed E-state index contributed by atoms with van der Waals surface area (Å²) < 4.78 is 5.45. The van der Waals surface area contributed by atoms with Crippen molar-refractivity contribution < 1.29 is 14.3 Å². The highest BCUT2D eigenvalue weighted by Gasteiger charge is 2.12. The van der Waals surface area contributed by atoms with E-state index in [1.165, 1.54) is 6.92 Å². The minimum atomic E-state index is -0.260. The van der Waals surface area contributed by atoms with Crippen LogP contribution in [0.25, 0.3) is 0 Å². The topological polar surface area (TPSA) is 67.4 Å². The Hall–Kier alpha value is -2.82. The molecule has 0 aromatic heterocycles. The number of rotatable bonds is 5. The Morgan fingerprint density at radius 2 is 1.68 bits per heavy atom. The SMILES string of the molecule is CCOc1ccccc1C(=O)Nc1cccc(NC(C)=O)c1. The molecule has 114 valence electrons. The van der Waals surface area contributed by atoms with Gasteiger partial charge in [0.15, 0.2) is 0 Å². The van der Waals surface area contributed by atoms with E-state index in [2.05, 4.69) is 10.6 Å².